The van der Waals surface area contributed by atoms with Crippen LogP contribution in [0.25, 0.3) is 0 Å². The van der Waals surface area contributed by atoms with Gasteiger partial charge in [0.05, 0.1) is 16.3 Å². The molecule has 0 aromatic heterocycles. The lowest BCUT2D eigenvalue weighted by Gasteiger charge is -2.14. The lowest BCUT2D eigenvalue weighted by Crippen LogP contribution is -2.30. The minimum atomic E-state index is -1.18. The molecule has 2 aromatic rings. The van der Waals surface area contributed by atoms with Crippen LogP contribution in [0.15, 0.2) is 30.3 Å². The van der Waals surface area contributed by atoms with Gasteiger partial charge in [0.25, 0.3) is 5.91 Å². The molecule has 0 fully saturated rings. The average Bonchev–Trinajstić information content (AvgIpc) is 3.06. The molecule has 6 nitrogen and oxygen atoms in total. The molecule has 0 radical (unpaired) electrons. The molecule has 0 unspecified atom stereocenters. The fourth-order valence-electron chi connectivity index (χ4n) is 2.19. The van der Waals surface area contributed by atoms with Gasteiger partial charge in [-0.15, -0.1) is 0 Å². The van der Waals surface area contributed by atoms with Crippen molar-refractivity contribution in [1.82, 2.24) is 0 Å². The Labute approximate surface area is 157 Å². The fourth-order valence-corrected chi connectivity index (χ4v) is 2.62. The number of carbonyl (C=O) groups excluding carboxylic acids is 2. The number of carbonyl (C=O) groups is 2. The van der Waals surface area contributed by atoms with Crippen LogP contribution in [0.4, 0.5) is 10.1 Å². The molecule has 0 saturated heterocycles. The Morgan fingerprint density at radius 1 is 1.23 bits per heavy atom. The van der Waals surface area contributed by atoms with Crippen molar-refractivity contribution >= 4 is 40.8 Å². The van der Waals surface area contributed by atoms with E-state index in [-0.39, 0.29) is 28.1 Å². The highest BCUT2D eigenvalue weighted by atomic mass is 35.5. The first-order valence-electron chi connectivity index (χ1n) is 7.41. The summed E-state index contributed by atoms with van der Waals surface area (Å²) in [5, 5.41) is 2.71. The van der Waals surface area contributed by atoms with Gasteiger partial charge in [-0.05, 0) is 37.3 Å². The highest BCUT2D eigenvalue weighted by Crippen LogP contribution is 2.40. The zero-order valence-electron chi connectivity index (χ0n) is 13.3. The van der Waals surface area contributed by atoms with Gasteiger partial charge < -0.3 is 19.5 Å². The van der Waals surface area contributed by atoms with Gasteiger partial charge in [-0.1, -0.05) is 23.2 Å². The molecule has 9 heteroatoms. The molecular weight excluding hydrogens is 388 g/mol. The van der Waals surface area contributed by atoms with Gasteiger partial charge in [-0.2, -0.15) is 0 Å². The maximum Gasteiger partial charge on any atom is 0.339 e. The summed E-state index contributed by atoms with van der Waals surface area (Å²) in [6.45, 7) is 1.36. The largest absolute Gasteiger partial charge is 0.454 e. The highest BCUT2D eigenvalue weighted by molar-refractivity contribution is 6.32. The number of anilines is 1. The number of benzene rings is 2. The third kappa shape index (κ3) is 3.84. The highest BCUT2D eigenvalue weighted by Gasteiger charge is 2.24. The van der Waals surface area contributed by atoms with E-state index in [2.05, 4.69) is 5.32 Å². The number of amides is 1. The van der Waals surface area contributed by atoms with E-state index in [1.165, 1.54) is 31.2 Å². The monoisotopic (exact) mass is 399 g/mol. The van der Waals surface area contributed by atoms with E-state index < -0.39 is 23.8 Å². The molecule has 0 spiro atoms. The van der Waals surface area contributed by atoms with E-state index in [9.17, 15) is 14.0 Å². The van der Waals surface area contributed by atoms with E-state index in [0.29, 0.717) is 11.5 Å². The summed E-state index contributed by atoms with van der Waals surface area (Å²) >= 11 is 11.7. The van der Waals surface area contributed by atoms with Gasteiger partial charge in [0.2, 0.25) is 6.79 Å². The minimum absolute atomic E-state index is 0.000973. The SMILES string of the molecule is C[C@@H](OC(=O)c1cc(Cl)c2c(c1)OCO2)C(=O)Nc1ccc(Cl)cc1F. The first-order valence-corrected chi connectivity index (χ1v) is 8.17. The molecule has 1 aliphatic rings. The van der Waals surface area contributed by atoms with Crippen LogP contribution in [0.5, 0.6) is 11.5 Å². The molecular formula is C17H12Cl2FNO5. The van der Waals surface area contributed by atoms with Crippen molar-refractivity contribution in [2.45, 2.75) is 13.0 Å². The van der Waals surface area contributed by atoms with E-state index >= 15 is 0 Å². The van der Waals surface area contributed by atoms with Gasteiger partial charge in [0.1, 0.15) is 5.82 Å². The van der Waals surface area contributed by atoms with Crippen LogP contribution in [-0.4, -0.2) is 24.8 Å². The van der Waals surface area contributed by atoms with Crippen LogP contribution >= 0.6 is 23.2 Å². The molecule has 1 amide bonds. The molecule has 0 aliphatic carbocycles. The maximum absolute atomic E-state index is 13.7. The molecule has 1 N–H and O–H groups in total. The summed E-state index contributed by atoms with van der Waals surface area (Å²) < 4.78 is 29.2. The fraction of sp³-hybridized carbons (Fsp3) is 0.176. The third-order valence-electron chi connectivity index (χ3n) is 3.50. The number of hydrogen-bond donors (Lipinski definition) is 1. The molecule has 0 saturated carbocycles. The van der Waals surface area contributed by atoms with E-state index in [1.54, 1.807) is 0 Å². The standard InChI is InChI=1S/C17H12Cl2FNO5/c1-8(16(22)21-13-3-2-10(18)6-12(13)20)26-17(23)9-4-11(19)15-14(5-9)24-7-25-15/h2-6,8H,7H2,1H3,(H,21,22)/t8-/m1/s1. The Hall–Kier alpha value is -2.51. The number of esters is 1. The Morgan fingerprint density at radius 2 is 2.00 bits per heavy atom. The summed E-state index contributed by atoms with van der Waals surface area (Å²) in [5.41, 5.74) is 0.0185. The smallest absolute Gasteiger partial charge is 0.339 e. The van der Waals surface area contributed by atoms with E-state index in [4.69, 9.17) is 37.4 Å². The second-order valence-electron chi connectivity index (χ2n) is 5.35. The van der Waals surface area contributed by atoms with Crippen LogP contribution in [0, 0.1) is 5.82 Å². The summed E-state index contributed by atoms with van der Waals surface area (Å²) in [5.74, 6) is -1.54. The van der Waals surface area contributed by atoms with E-state index in [1.807, 2.05) is 0 Å². The summed E-state index contributed by atoms with van der Waals surface area (Å²) in [7, 11) is 0. The topological polar surface area (TPSA) is 73.9 Å². The Kier molecular flexibility index (Phi) is 5.20. The van der Waals surface area contributed by atoms with Gasteiger partial charge in [0.15, 0.2) is 17.6 Å². The second kappa shape index (κ2) is 7.39. The van der Waals surface area contributed by atoms with Gasteiger partial charge in [-0.25, -0.2) is 9.18 Å². The first-order chi connectivity index (χ1) is 12.3. The summed E-state index contributed by atoms with van der Waals surface area (Å²) in [4.78, 5) is 24.3. The van der Waals surface area contributed by atoms with Gasteiger partial charge in [-0.3, -0.25) is 4.79 Å². The molecule has 2 aromatic carbocycles. The maximum atomic E-state index is 13.7. The number of nitrogens with one attached hydrogen (secondary N) is 1. The number of halogens is 3. The van der Waals surface area contributed by atoms with Crippen LogP contribution in [0.1, 0.15) is 17.3 Å². The average molecular weight is 400 g/mol. The van der Waals surface area contributed by atoms with E-state index in [0.717, 1.165) is 6.07 Å². The third-order valence-corrected chi connectivity index (χ3v) is 4.02. The van der Waals surface area contributed by atoms with Crippen molar-refractivity contribution < 1.29 is 28.2 Å². The normalized spacial score (nSPS) is 13.2. The Bertz CT molecular complexity index is 890. The molecule has 0 bridgehead atoms. The molecule has 3 rings (SSSR count). The molecule has 26 heavy (non-hydrogen) atoms. The van der Waals surface area contributed by atoms with Crippen LogP contribution < -0.4 is 14.8 Å². The second-order valence-corrected chi connectivity index (χ2v) is 6.20. The lowest BCUT2D eigenvalue weighted by atomic mass is 10.2. The molecule has 1 aliphatic heterocycles. The number of rotatable bonds is 4. The summed E-state index contributed by atoms with van der Waals surface area (Å²) in [6.07, 6.45) is -1.18. The zero-order chi connectivity index (χ0) is 18.8. The number of hydrogen-bond acceptors (Lipinski definition) is 5. The van der Waals surface area contributed by atoms with Crippen LogP contribution in [0.2, 0.25) is 10.0 Å². The Morgan fingerprint density at radius 3 is 2.73 bits per heavy atom. The van der Waals surface area contributed by atoms with Crippen molar-refractivity contribution in [2.24, 2.45) is 0 Å². The summed E-state index contributed by atoms with van der Waals surface area (Å²) in [6, 6.07) is 6.54. The first kappa shape index (κ1) is 18.3. The van der Waals surface area contributed by atoms with Crippen molar-refractivity contribution in [3.05, 3.63) is 51.8 Å². The van der Waals surface area contributed by atoms with Crippen molar-refractivity contribution in [2.75, 3.05) is 12.1 Å². The van der Waals surface area contributed by atoms with Gasteiger partial charge in [0, 0.05) is 5.02 Å². The van der Waals surface area contributed by atoms with Gasteiger partial charge >= 0.3 is 5.97 Å². The van der Waals surface area contributed by atoms with Crippen molar-refractivity contribution in [3.63, 3.8) is 0 Å². The van der Waals surface area contributed by atoms with Crippen LogP contribution in [-0.2, 0) is 9.53 Å². The zero-order valence-corrected chi connectivity index (χ0v) is 14.9. The predicted molar refractivity (Wildman–Crippen MR) is 92.5 cm³/mol. The predicted octanol–water partition coefficient (Wildman–Crippen LogP) is 4.05. The number of fused-ring (bicyclic) bond motifs is 1. The minimum Gasteiger partial charge on any atom is -0.454 e. The van der Waals surface area contributed by atoms with Crippen molar-refractivity contribution in [3.8, 4) is 11.5 Å². The number of ether oxygens (including phenoxy) is 3. The molecule has 136 valence electrons. The quantitative estimate of drug-likeness (QED) is 0.785. The Balaban J connectivity index is 1.67. The van der Waals surface area contributed by atoms with Crippen molar-refractivity contribution in [1.29, 1.82) is 0 Å². The lowest BCUT2D eigenvalue weighted by molar-refractivity contribution is -0.123. The molecule has 1 heterocycles. The molecule has 1 atom stereocenters. The van der Waals surface area contributed by atoms with Crippen LogP contribution in [0.3, 0.4) is 0 Å².